The summed E-state index contributed by atoms with van der Waals surface area (Å²) in [5, 5.41) is 0. The maximum Gasteiger partial charge on any atom is 0.0468 e. The van der Waals surface area contributed by atoms with Gasteiger partial charge < -0.3 is 9.64 Å². The van der Waals surface area contributed by atoms with Gasteiger partial charge in [0.15, 0.2) is 0 Å². The molecule has 2 heteroatoms. The molecule has 0 atom stereocenters. The van der Waals surface area contributed by atoms with Gasteiger partial charge in [-0.05, 0) is 75.8 Å². The van der Waals surface area contributed by atoms with Crippen LogP contribution in [0.1, 0.15) is 73.1 Å². The molecular formula is C20H41NO. The van der Waals surface area contributed by atoms with Gasteiger partial charge in [0.2, 0.25) is 0 Å². The molecule has 2 aliphatic rings. The minimum atomic E-state index is 0.525. The average Bonchev–Trinajstić information content (AvgIpc) is 2.48. The van der Waals surface area contributed by atoms with Crippen molar-refractivity contribution in [2.24, 2.45) is 23.2 Å². The molecule has 0 unspecified atom stereocenters. The normalized spacial score (nSPS) is 27.7. The van der Waals surface area contributed by atoms with Crippen molar-refractivity contribution >= 4 is 0 Å². The zero-order chi connectivity index (χ0) is 16.8. The number of rotatable bonds is 2. The van der Waals surface area contributed by atoms with E-state index < -0.39 is 0 Å². The lowest BCUT2D eigenvalue weighted by Gasteiger charge is -2.39. The Bertz CT molecular complexity index is 279. The predicted octanol–water partition coefficient (Wildman–Crippen LogP) is 5.22. The molecule has 0 spiro atoms. The van der Waals surface area contributed by atoms with Crippen molar-refractivity contribution in [1.82, 2.24) is 4.90 Å². The van der Waals surface area contributed by atoms with Crippen molar-refractivity contribution in [1.29, 1.82) is 0 Å². The molecular weight excluding hydrogens is 270 g/mol. The third-order valence-corrected chi connectivity index (χ3v) is 5.86. The van der Waals surface area contributed by atoms with Crippen LogP contribution < -0.4 is 0 Å². The predicted molar refractivity (Wildman–Crippen MR) is 97.3 cm³/mol. The van der Waals surface area contributed by atoms with Crippen molar-refractivity contribution < 1.29 is 4.74 Å². The van der Waals surface area contributed by atoms with E-state index in [0.717, 1.165) is 37.0 Å². The Hall–Kier alpha value is -0.0800. The van der Waals surface area contributed by atoms with Crippen LogP contribution in [0, 0.1) is 23.2 Å². The summed E-state index contributed by atoms with van der Waals surface area (Å²) in [5.41, 5.74) is 0.525. The van der Waals surface area contributed by atoms with Crippen LogP contribution in [-0.4, -0.2) is 38.3 Å². The van der Waals surface area contributed by atoms with Gasteiger partial charge in [0.25, 0.3) is 0 Å². The van der Waals surface area contributed by atoms with Gasteiger partial charge >= 0.3 is 0 Å². The molecule has 2 nitrogen and oxygen atoms in total. The third-order valence-electron chi connectivity index (χ3n) is 5.86. The summed E-state index contributed by atoms with van der Waals surface area (Å²) < 4.78 is 5.25. The van der Waals surface area contributed by atoms with Crippen LogP contribution in [0.3, 0.4) is 0 Å². The minimum Gasteiger partial charge on any atom is -0.381 e. The SMILES string of the molecule is CC(C)C1CCOCC1.CN(C)C1CCC(C(C)(C)C)CC1. The largest absolute Gasteiger partial charge is 0.381 e. The monoisotopic (exact) mass is 311 g/mol. The highest BCUT2D eigenvalue weighted by Crippen LogP contribution is 2.38. The molecule has 2 rings (SSSR count). The van der Waals surface area contributed by atoms with Gasteiger partial charge in [0, 0.05) is 19.3 Å². The molecule has 0 radical (unpaired) electrons. The van der Waals surface area contributed by atoms with E-state index in [9.17, 15) is 0 Å². The molecule has 0 amide bonds. The molecule has 1 aliphatic heterocycles. The summed E-state index contributed by atoms with van der Waals surface area (Å²) in [6, 6.07) is 0.846. The summed E-state index contributed by atoms with van der Waals surface area (Å²) in [7, 11) is 4.42. The highest BCUT2D eigenvalue weighted by molar-refractivity contribution is 4.83. The first kappa shape index (κ1) is 20.0. The van der Waals surface area contributed by atoms with E-state index in [2.05, 4.69) is 53.6 Å². The number of nitrogens with zero attached hydrogens (tertiary/aromatic N) is 1. The second kappa shape index (κ2) is 9.27. The lowest BCUT2D eigenvalue weighted by molar-refractivity contribution is 0.0523. The van der Waals surface area contributed by atoms with E-state index in [1.54, 1.807) is 0 Å². The molecule has 2 fully saturated rings. The molecule has 0 bridgehead atoms. The van der Waals surface area contributed by atoms with Crippen molar-refractivity contribution in [3.63, 3.8) is 0 Å². The molecule has 1 aliphatic carbocycles. The van der Waals surface area contributed by atoms with Gasteiger partial charge in [0.05, 0.1) is 0 Å². The second-order valence-electron chi connectivity index (χ2n) is 9.03. The highest BCUT2D eigenvalue weighted by atomic mass is 16.5. The van der Waals surface area contributed by atoms with Gasteiger partial charge in [-0.2, -0.15) is 0 Å². The Kier molecular flexibility index (Phi) is 8.42. The zero-order valence-electron chi connectivity index (χ0n) is 16.3. The van der Waals surface area contributed by atoms with Crippen LogP contribution in [0.5, 0.6) is 0 Å². The Labute approximate surface area is 140 Å². The van der Waals surface area contributed by atoms with Gasteiger partial charge in [0.1, 0.15) is 0 Å². The molecule has 0 N–H and O–H groups in total. The maximum atomic E-state index is 5.25. The first-order valence-electron chi connectivity index (χ1n) is 9.46. The fourth-order valence-corrected chi connectivity index (χ4v) is 3.84. The van der Waals surface area contributed by atoms with Crippen molar-refractivity contribution in [3.8, 4) is 0 Å². The number of hydrogen-bond acceptors (Lipinski definition) is 2. The van der Waals surface area contributed by atoms with E-state index in [1.807, 2.05) is 0 Å². The third kappa shape index (κ3) is 7.00. The molecule has 1 saturated carbocycles. The van der Waals surface area contributed by atoms with Crippen LogP contribution in [0.15, 0.2) is 0 Å². The van der Waals surface area contributed by atoms with Gasteiger partial charge in [-0.3, -0.25) is 0 Å². The van der Waals surface area contributed by atoms with E-state index in [1.165, 1.54) is 38.5 Å². The summed E-state index contributed by atoms with van der Waals surface area (Å²) in [6.45, 7) is 13.7. The fourth-order valence-electron chi connectivity index (χ4n) is 3.84. The van der Waals surface area contributed by atoms with E-state index in [-0.39, 0.29) is 0 Å². The Morgan fingerprint density at radius 1 is 0.864 bits per heavy atom. The van der Waals surface area contributed by atoms with E-state index >= 15 is 0 Å². The van der Waals surface area contributed by atoms with Crippen molar-refractivity contribution in [3.05, 3.63) is 0 Å². The molecule has 0 aromatic heterocycles. The van der Waals surface area contributed by atoms with E-state index in [4.69, 9.17) is 4.74 Å². The summed E-state index contributed by atoms with van der Waals surface area (Å²) in [4.78, 5) is 2.39. The highest BCUT2D eigenvalue weighted by Gasteiger charge is 2.30. The fraction of sp³-hybridized carbons (Fsp3) is 1.00. The molecule has 0 aromatic carbocycles. The minimum absolute atomic E-state index is 0.525. The van der Waals surface area contributed by atoms with Crippen LogP contribution in [0.4, 0.5) is 0 Å². The zero-order valence-corrected chi connectivity index (χ0v) is 16.3. The summed E-state index contributed by atoms with van der Waals surface area (Å²) in [6.07, 6.45) is 8.19. The standard InChI is InChI=1S/C12H25N.C8H16O/c1-12(2,3)10-6-8-11(9-7-10)13(4)5;1-7(2)8-3-5-9-6-4-8/h10-11H,6-9H2,1-5H3;7-8H,3-6H2,1-2H3. The lowest BCUT2D eigenvalue weighted by atomic mass is 9.71. The molecule has 1 heterocycles. The molecule has 1 saturated heterocycles. The Morgan fingerprint density at radius 3 is 1.68 bits per heavy atom. The van der Waals surface area contributed by atoms with Gasteiger partial charge in [-0.1, -0.05) is 34.6 Å². The number of ether oxygens (including phenoxy) is 1. The van der Waals surface area contributed by atoms with Crippen molar-refractivity contribution in [2.45, 2.75) is 79.2 Å². The van der Waals surface area contributed by atoms with Crippen LogP contribution in [-0.2, 0) is 4.74 Å². The van der Waals surface area contributed by atoms with Crippen LogP contribution in [0.25, 0.3) is 0 Å². The first-order valence-corrected chi connectivity index (χ1v) is 9.46. The van der Waals surface area contributed by atoms with Gasteiger partial charge in [-0.25, -0.2) is 0 Å². The molecule has 132 valence electrons. The average molecular weight is 312 g/mol. The summed E-state index contributed by atoms with van der Waals surface area (Å²) >= 11 is 0. The molecule has 22 heavy (non-hydrogen) atoms. The van der Waals surface area contributed by atoms with Crippen LogP contribution >= 0.6 is 0 Å². The quantitative estimate of drug-likeness (QED) is 0.693. The topological polar surface area (TPSA) is 12.5 Å². The lowest BCUT2D eigenvalue weighted by Crippen LogP contribution is -2.35. The maximum absolute atomic E-state index is 5.25. The van der Waals surface area contributed by atoms with Crippen molar-refractivity contribution in [2.75, 3.05) is 27.3 Å². The number of hydrogen-bond donors (Lipinski definition) is 0. The Balaban J connectivity index is 0.000000235. The Morgan fingerprint density at radius 2 is 1.36 bits per heavy atom. The van der Waals surface area contributed by atoms with Gasteiger partial charge in [-0.15, -0.1) is 0 Å². The van der Waals surface area contributed by atoms with Crippen LogP contribution in [0.2, 0.25) is 0 Å². The summed E-state index contributed by atoms with van der Waals surface area (Å²) in [5.74, 6) is 2.73. The van der Waals surface area contributed by atoms with E-state index in [0.29, 0.717) is 5.41 Å². The smallest absolute Gasteiger partial charge is 0.0468 e. The second-order valence-corrected chi connectivity index (χ2v) is 9.03. The first-order chi connectivity index (χ1) is 10.2. The molecule has 0 aromatic rings.